The zero-order chi connectivity index (χ0) is 16.1. The Balaban J connectivity index is 1.54. The molecule has 4 bridgehead atoms. The van der Waals surface area contributed by atoms with Crippen LogP contribution in [0.25, 0.3) is 0 Å². The fraction of sp³-hybridized carbons (Fsp3) is 0.250. The smallest absolute Gasteiger partial charge is 0.0878 e. The maximum absolute atomic E-state index is 6.63. The molecular weight excluding hydrogens is 304 g/mol. The molecule has 2 heterocycles. The Bertz CT molecular complexity index is 907. The van der Waals surface area contributed by atoms with Gasteiger partial charge in [0.2, 0.25) is 0 Å². The van der Waals surface area contributed by atoms with Crippen molar-refractivity contribution in [1.29, 1.82) is 0 Å². The molecule has 0 N–H and O–H groups in total. The summed E-state index contributed by atoms with van der Waals surface area (Å²) in [6.45, 7) is 0. The fourth-order valence-electron chi connectivity index (χ4n) is 6.45. The highest BCUT2D eigenvalue weighted by Gasteiger charge is 2.62. The van der Waals surface area contributed by atoms with E-state index in [1.165, 1.54) is 11.1 Å². The van der Waals surface area contributed by atoms with E-state index in [2.05, 4.69) is 72.8 Å². The minimum atomic E-state index is 0.264. The summed E-state index contributed by atoms with van der Waals surface area (Å²) in [4.78, 5) is 0. The van der Waals surface area contributed by atoms with Gasteiger partial charge in [-0.2, -0.15) is 0 Å². The molecule has 8 rings (SSSR count). The Kier molecular flexibility index (Phi) is 2.18. The Morgan fingerprint density at radius 3 is 1.12 bits per heavy atom. The van der Waals surface area contributed by atoms with Crippen molar-refractivity contribution in [2.24, 2.45) is 11.8 Å². The molecule has 0 amide bonds. The molecule has 5 aliphatic rings. The first-order chi connectivity index (χ1) is 12.4. The van der Waals surface area contributed by atoms with Gasteiger partial charge in [-0.05, 0) is 33.4 Å². The van der Waals surface area contributed by atoms with Crippen molar-refractivity contribution in [3.63, 3.8) is 0 Å². The van der Waals surface area contributed by atoms with E-state index < -0.39 is 0 Å². The lowest BCUT2D eigenvalue weighted by Crippen LogP contribution is -2.42. The molecule has 0 radical (unpaired) electrons. The van der Waals surface area contributed by atoms with Gasteiger partial charge in [-0.3, -0.25) is 0 Å². The zero-order valence-corrected chi connectivity index (χ0v) is 13.8. The lowest BCUT2D eigenvalue weighted by Gasteiger charge is -2.51. The van der Waals surface area contributed by atoms with Crippen LogP contribution in [0.4, 0.5) is 0 Å². The van der Waals surface area contributed by atoms with E-state index in [-0.39, 0.29) is 12.2 Å². The maximum atomic E-state index is 6.63. The van der Waals surface area contributed by atoms with Crippen LogP contribution in [0.2, 0.25) is 0 Å². The summed E-state index contributed by atoms with van der Waals surface area (Å²) in [6.07, 6.45) is 0.529. The third kappa shape index (κ3) is 1.35. The summed E-state index contributed by atoms with van der Waals surface area (Å²) in [5.74, 6) is 2.11. The summed E-state index contributed by atoms with van der Waals surface area (Å²) >= 11 is 0. The Morgan fingerprint density at radius 1 is 0.440 bits per heavy atom. The second-order valence-corrected chi connectivity index (χ2v) is 7.97. The number of rotatable bonds is 0. The molecule has 2 aliphatic heterocycles. The van der Waals surface area contributed by atoms with Gasteiger partial charge in [0.05, 0.1) is 12.2 Å². The van der Waals surface area contributed by atoms with E-state index in [1.807, 2.05) is 0 Å². The van der Waals surface area contributed by atoms with Crippen LogP contribution in [0.3, 0.4) is 0 Å². The average molecular weight is 322 g/mol. The van der Waals surface area contributed by atoms with Crippen molar-refractivity contribution in [2.75, 3.05) is 0 Å². The molecule has 25 heavy (non-hydrogen) atoms. The highest BCUT2D eigenvalue weighted by Crippen LogP contribution is 2.71. The average Bonchev–Trinajstić information content (AvgIpc) is 3.26. The molecule has 1 heteroatoms. The predicted molar refractivity (Wildman–Crippen MR) is 96.6 cm³/mol. The Morgan fingerprint density at radius 2 is 0.760 bits per heavy atom. The van der Waals surface area contributed by atoms with Crippen molar-refractivity contribution >= 4 is 0 Å². The number of benzene rings is 3. The molecule has 3 aliphatic carbocycles. The fourth-order valence-corrected chi connectivity index (χ4v) is 6.45. The number of fused-ring (bicyclic) bond motifs is 5. The predicted octanol–water partition coefficient (Wildman–Crippen LogP) is 5.34. The molecule has 3 aromatic carbocycles. The number of hydrogen-bond donors (Lipinski definition) is 0. The van der Waals surface area contributed by atoms with Gasteiger partial charge in [-0.1, -0.05) is 72.8 Å². The molecule has 0 unspecified atom stereocenters. The minimum Gasteiger partial charge on any atom is -0.365 e. The molecule has 4 atom stereocenters. The molecule has 1 saturated heterocycles. The van der Waals surface area contributed by atoms with Crippen molar-refractivity contribution in [2.45, 2.75) is 24.0 Å². The summed E-state index contributed by atoms with van der Waals surface area (Å²) < 4.78 is 6.63. The van der Waals surface area contributed by atoms with Crippen LogP contribution in [-0.2, 0) is 4.74 Å². The highest BCUT2D eigenvalue weighted by molar-refractivity contribution is 5.59. The molecule has 1 nitrogen and oxygen atoms in total. The summed E-state index contributed by atoms with van der Waals surface area (Å²) in [5, 5.41) is 0. The van der Waals surface area contributed by atoms with Crippen LogP contribution >= 0.6 is 0 Å². The van der Waals surface area contributed by atoms with E-state index in [0.717, 1.165) is 0 Å². The summed E-state index contributed by atoms with van der Waals surface area (Å²) in [5.41, 5.74) is 9.05. The third-order valence-corrected chi connectivity index (χ3v) is 7.15. The lowest BCUT2D eigenvalue weighted by atomic mass is 9.50. The molecule has 0 aromatic heterocycles. The second-order valence-electron chi connectivity index (χ2n) is 7.97. The summed E-state index contributed by atoms with van der Waals surface area (Å²) in [6, 6.07) is 27.2. The van der Waals surface area contributed by atoms with Crippen LogP contribution < -0.4 is 0 Å². The first kappa shape index (κ1) is 12.9. The molecular formula is C24H18O. The van der Waals surface area contributed by atoms with Crippen molar-refractivity contribution in [1.82, 2.24) is 0 Å². The minimum absolute atomic E-state index is 0.264. The zero-order valence-electron chi connectivity index (χ0n) is 13.8. The van der Waals surface area contributed by atoms with Crippen molar-refractivity contribution in [3.05, 3.63) is 106 Å². The lowest BCUT2D eigenvalue weighted by molar-refractivity contribution is 0.0533. The molecule has 0 spiro atoms. The van der Waals surface area contributed by atoms with E-state index in [0.29, 0.717) is 23.7 Å². The Hall–Kier alpha value is -2.38. The monoisotopic (exact) mass is 322 g/mol. The van der Waals surface area contributed by atoms with Crippen LogP contribution in [0.1, 0.15) is 57.4 Å². The van der Waals surface area contributed by atoms with Crippen molar-refractivity contribution in [3.8, 4) is 0 Å². The molecule has 3 aromatic rings. The van der Waals surface area contributed by atoms with Gasteiger partial charge >= 0.3 is 0 Å². The van der Waals surface area contributed by atoms with Gasteiger partial charge in [0, 0.05) is 23.7 Å². The van der Waals surface area contributed by atoms with E-state index >= 15 is 0 Å². The first-order valence-electron chi connectivity index (χ1n) is 9.35. The van der Waals surface area contributed by atoms with E-state index in [1.54, 1.807) is 22.3 Å². The quantitative estimate of drug-likeness (QED) is 0.543. The van der Waals surface area contributed by atoms with Gasteiger partial charge in [0.25, 0.3) is 0 Å². The third-order valence-electron chi connectivity index (χ3n) is 7.15. The van der Waals surface area contributed by atoms with Gasteiger partial charge < -0.3 is 4.74 Å². The molecule has 1 fully saturated rings. The number of hydrogen-bond acceptors (Lipinski definition) is 1. The summed E-state index contributed by atoms with van der Waals surface area (Å²) in [7, 11) is 0. The standard InChI is InChI=1S/C24H18O/c1-2-8-14-13(7-1)19-15-9-3-4-10-16(15)20(14)22-21(19)23-17-11-5-6-12-18(17)24(22)25-23/h1-12,19-24H/t19?,20?,21-,22-,23-,24-/m0/s1. The van der Waals surface area contributed by atoms with Crippen LogP contribution in [0.15, 0.2) is 72.8 Å². The highest BCUT2D eigenvalue weighted by atomic mass is 16.5. The van der Waals surface area contributed by atoms with Gasteiger partial charge in [-0.25, -0.2) is 0 Å². The van der Waals surface area contributed by atoms with Crippen LogP contribution in [-0.4, -0.2) is 0 Å². The first-order valence-corrected chi connectivity index (χ1v) is 9.35. The van der Waals surface area contributed by atoms with Crippen LogP contribution in [0.5, 0.6) is 0 Å². The largest absolute Gasteiger partial charge is 0.365 e. The van der Waals surface area contributed by atoms with Crippen molar-refractivity contribution < 1.29 is 4.74 Å². The van der Waals surface area contributed by atoms with Gasteiger partial charge in [0.1, 0.15) is 0 Å². The molecule has 120 valence electrons. The normalized spacial score (nSPS) is 35.0. The molecule has 0 saturated carbocycles. The van der Waals surface area contributed by atoms with E-state index in [4.69, 9.17) is 4.74 Å². The Labute approximate surface area is 147 Å². The maximum Gasteiger partial charge on any atom is 0.0878 e. The topological polar surface area (TPSA) is 9.23 Å². The SMILES string of the molecule is c1ccc2c(c1)C1c3ccccc3C2[C@H]2[C@H]1[C@H]1O[C@H]2c2ccccc21. The van der Waals surface area contributed by atoms with Gasteiger partial charge in [0.15, 0.2) is 0 Å². The van der Waals surface area contributed by atoms with E-state index in [9.17, 15) is 0 Å². The second kappa shape index (κ2) is 4.23. The van der Waals surface area contributed by atoms with Crippen LogP contribution in [0, 0.1) is 11.8 Å². The van der Waals surface area contributed by atoms with Gasteiger partial charge in [-0.15, -0.1) is 0 Å². The number of ether oxygens (including phenoxy) is 1.